The smallest absolute Gasteiger partial charge is 0.258 e. The van der Waals surface area contributed by atoms with E-state index in [0.717, 1.165) is 18.0 Å². The van der Waals surface area contributed by atoms with E-state index in [1.165, 1.54) is 0 Å². The van der Waals surface area contributed by atoms with E-state index < -0.39 is 0 Å². The highest BCUT2D eigenvalue weighted by molar-refractivity contribution is 5.77. The molecule has 0 bridgehead atoms. The van der Waals surface area contributed by atoms with Gasteiger partial charge in [0.1, 0.15) is 5.82 Å². The molecular formula is C16H18N4O2. The Morgan fingerprint density at radius 3 is 2.82 bits per heavy atom. The number of nitrogens with one attached hydrogen (secondary N) is 1. The van der Waals surface area contributed by atoms with Gasteiger partial charge in [0, 0.05) is 6.07 Å². The normalized spacial score (nSPS) is 11.4. The molecule has 2 heterocycles. The number of aromatic nitrogens is 3. The Kier molecular flexibility index (Phi) is 4.02. The molecule has 0 spiro atoms. The summed E-state index contributed by atoms with van der Waals surface area (Å²) in [4.78, 5) is 21.6. The molecule has 0 saturated heterocycles. The van der Waals surface area contributed by atoms with Crippen molar-refractivity contribution in [1.82, 2.24) is 20.0 Å². The predicted molar refractivity (Wildman–Crippen MR) is 83.4 cm³/mol. The minimum atomic E-state index is -0.104. The second-order valence-corrected chi connectivity index (χ2v) is 5.27. The quantitative estimate of drug-likeness (QED) is 0.782. The third-order valence-corrected chi connectivity index (χ3v) is 3.54. The summed E-state index contributed by atoms with van der Waals surface area (Å²) in [6.07, 6.45) is 0. The molecule has 0 fully saturated rings. The highest BCUT2D eigenvalue weighted by Crippen LogP contribution is 2.10. The molecule has 0 radical (unpaired) electrons. The molecule has 0 aliphatic heterocycles. The van der Waals surface area contributed by atoms with Crippen LogP contribution in [0.1, 0.15) is 24.2 Å². The van der Waals surface area contributed by atoms with Gasteiger partial charge in [-0.3, -0.25) is 9.69 Å². The molecule has 2 aromatic heterocycles. The van der Waals surface area contributed by atoms with Crippen molar-refractivity contribution < 1.29 is 4.52 Å². The fraction of sp³-hybridized carbons (Fsp3) is 0.312. The molecule has 0 aliphatic rings. The standard InChI is InChI=1S/C16H18N4O2/c1-3-20(9-12-8-11(2)19-22-12)10-15-17-14-7-5-4-6-13(14)16(21)18-15/h4-8H,3,9-10H2,1-2H3,(H,17,18,21). The van der Waals surface area contributed by atoms with E-state index in [1.54, 1.807) is 6.07 Å². The van der Waals surface area contributed by atoms with Gasteiger partial charge in [-0.2, -0.15) is 0 Å². The van der Waals surface area contributed by atoms with Crippen LogP contribution in [0.25, 0.3) is 10.9 Å². The van der Waals surface area contributed by atoms with Crippen LogP contribution >= 0.6 is 0 Å². The van der Waals surface area contributed by atoms with E-state index >= 15 is 0 Å². The first-order valence-corrected chi connectivity index (χ1v) is 7.28. The fourth-order valence-electron chi connectivity index (χ4n) is 2.41. The zero-order valence-corrected chi connectivity index (χ0v) is 12.7. The largest absolute Gasteiger partial charge is 0.360 e. The molecule has 6 nitrogen and oxygen atoms in total. The Hall–Kier alpha value is -2.47. The van der Waals surface area contributed by atoms with E-state index in [-0.39, 0.29) is 5.56 Å². The fourth-order valence-corrected chi connectivity index (χ4v) is 2.41. The zero-order chi connectivity index (χ0) is 15.5. The van der Waals surface area contributed by atoms with E-state index in [1.807, 2.05) is 31.2 Å². The van der Waals surface area contributed by atoms with Crippen LogP contribution in [0.5, 0.6) is 0 Å². The van der Waals surface area contributed by atoms with Gasteiger partial charge >= 0.3 is 0 Å². The summed E-state index contributed by atoms with van der Waals surface area (Å²) in [5.41, 5.74) is 1.48. The first-order valence-electron chi connectivity index (χ1n) is 7.28. The van der Waals surface area contributed by atoms with Crippen LogP contribution in [0.2, 0.25) is 0 Å². The summed E-state index contributed by atoms with van der Waals surface area (Å²) in [7, 11) is 0. The Labute approximate surface area is 127 Å². The molecule has 1 N–H and O–H groups in total. The summed E-state index contributed by atoms with van der Waals surface area (Å²) in [5, 5.41) is 4.50. The lowest BCUT2D eigenvalue weighted by Crippen LogP contribution is -2.25. The van der Waals surface area contributed by atoms with Crippen LogP contribution in [0.15, 0.2) is 39.6 Å². The third-order valence-electron chi connectivity index (χ3n) is 3.54. The van der Waals surface area contributed by atoms with E-state index in [2.05, 4.69) is 26.9 Å². The number of para-hydroxylation sites is 1. The number of H-pyrrole nitrogens is 1. The van der Waals surface area contributed by atoms with E-state index in [4.69, 9.17) is 4.52 Å². The Morgan fingerprint density at radius 2 is 2.09 bits per heavy atom. The molecule has 22 heavy (non-hydrogen) atoms. The Morgan fingerprint density at radius 1 is 1.27 bits per heavy atom. The van der Waals surface area contributed by atoms with Gasteiger partial charge in [-0.1, -0.05) is 24.2 Å². The monoisotopic (exact) mass is 298 g/mol. The number of rotatable bonds is 5. The lowest BCUT2D eigenvalue weighted by Gasteiger charge is -2.18. The highest BCUT2D eigenvalue weighted by atomic mass is 16.5. The summed E-state index contributed by atoms with van der Waals surface area (Å²) < 4.78 is 5.24. The Bertz CT molecular complexity index is 837. The number of aromatic amines is 1. The van der Waals surface area contributed by atoms with Gasteiger partial charge in [-0.05, 0) is 25.6 Å². The zero-order valence-electron chi connectivity index (χ0n) is 12.7. The lowest BCUT2D eigenvalue weighted by molar-refractivity contribution is 0.229. The number of benzene rings is 1. The maximum Gasteiger partial charge on any atom is 0.258 e. The molecule has 3 rings (SSSR count). The van der Waals surface area contributed by atoms with Crippen molar-refractivity contribution >= 4 is 10.9 Å². The van der Waals surface area contributed by atoms with Crippen molar-refractivity contribution in [2.45, 2.75) is 26.9 Å². The number of nitrogens with zero attached hydrogens (tertiary/aromatic N) is 3. The first kappa shape index (κ1) is 14.5. The number of aryl methyl sites for hydroxylation is 1. The molecule has 6 heteroatoms. The summed E-state index contributed by atoms with van der Waals surface area (Å²) in [5.74, 6) is 1.46. The van der Waals surface area contributed by atoms with Gasteiger partial charge in [0.05, 0.1) is 29.7 Å². The van der Waals surface area contributed by atoms with Crippen LogP contribution in [0, 0.1) is 6.92 Å². The van der Waals surface area contributed by atoms with Gasteiger partial charge < -0.3 is 9.51 Å². The SMILES string of the molecule is CCN(Cc1nc2ccccc2c(=O)[nH]1)Cc1cc(C)no1. The van der Waals surface area contributed by atoms with Crippen LogP contribution < -0.4 is 5.56 Å². The summed E-state index contributed by atoms with van der Waals surface area (Å²) in [6, 6.07) is 9.26. The van der Waals surface area contributed by atoms with Crippen LogP contribution in [0.3, 0.4) is 0 Å². The van der Waals surface area contributed by atoms with Crippen LogP contribution in [-0.2, 0) is 13.1 Å². The van der Waals surface area contributed by atoms with Crippen molar-refractivity contribution in [1.29, 1.82) is 0 Å². The molecule has 0 saturated carbocycles. The molecule has 0 unspecified atom stereocenters. The predicted octanol–water partition coefficient (Wildman–Crippen LogP) is 2.24. The third kappa shape index (κ3) is 3.07. The molecule has 114 valence electrons. The Balaban J connectivity index is 1.82. The van der Waals surface area contributed by atoms with Gasteiger partial charge in [0.15, 0.2) is 5.76 Å². The second-order valence-electron chi connectivity index (χ2n) is 5.27. The maximum atomic E-state index is 12.1. The van der Waals surface area contributed by atoms with Crippen LogP contribution in [0.4, 0.5) is 0 Å². The number of hydrogen-bond acceptors (Lipinski definition) is 5. The van der Waals surface area contributed by atoms with Crippen LogP contribution in [-0.4, -0.2) is 26.6 Å². The molecule has 0 aliphatic carbocycles. The molecule has 3 aromatic rings. The average Bonchev–Trinajstić information content (AvgIpc) is 2.92. The second kappa shape index (κ2) is 6.11. The molecule has 0 atom stereocenters. The number of fused-ring (bicyclic) bond motifs is 1. The topological polar surface area (TPSA) is 75.0 Å². The summed E-state index contributed by atoms with van der Waals surface area (Å²) in [6.45, 7) is 5.95. The van der Waals surface area contributed by atoms with Crippen molar-refractivity contribution in [2.24, 2.45) is 0 Å². The first-order chi connectivity index (χ1) is 10.7. The molecule has 1 aromatic carbocycles. The van der Waals surface area contributed by atoms with Gasteiger partial charge in [-0.25, -0.2) is 4.98 Å². The maximum absolute atomic E-state index is 12.1. The van der Waals surface area contributed by atoms with Gasteiger partial charge in [0.25, 0.3) is 5.56 Å². The van der Waals surface area contributed by atoms with Crippen molar-refractivity contribution in [3.63, 3.8) is 0 Å². The summed E-state index contributed by atoms with van der Waals surface area (Å²) >= 11 is 0. The minimum absolute atomic E-state index is 0.104. The minimum Gasteiger partial charge on any atom is -0.360 e. The van der Waals surface area contributed by atoms with Crippen molar-refractivity contribution in [3.05, 3.63) is 58.0 Å². The molecule has 0 amide bonds. The highest BCUT2D eigenvalue weighted by Gasteiger charge is 2.11. The van der Waals surface area contributed by atoms with Gasteiger partial charge in [-0.15, -0.1) is 0 Å². The van der Waals surface area contributed by atoms with Gasteiger partial charge in [0.2, 0.25) is 0 Å². The average molecular weight is 298 g/mol. The van der Waals surface area contributed by atoms with Crippen molar-refractivity contribution in [2.75, 3.05) is 6.54 Å². The number of hydrogen-bond donors (Lipinski definition) is 1. The molecular weight excluding hydrogens is 280 g/mol. The van der Waals surface area contributed by atoms with E-state index in [9.17, 15) is 4.79 Å². The lowest BCUT2D eigenvalue weighted by atomic mass is 10.2. The van der Waals surface area contributed by atoms with Crippen molar-refractivity contribution in [3.8, 4) is 0 Å². The van der Waals surface area contributed by atoms with E-state index in [0.29, 0.717) is 29.8 Å².